The van der Waals surface area contributed by atoms with E-state index in [1.54, 1.807) is 35.0 Å². The molecule has 1 N–H and O–H groups in total. The summed E-state index contributed by atoms with van der Waals surface area (Å²) in [6.45, 7) is 2.00. The van der Waals surface area contributed by atoms with Gasteiger partial charge in [0.05, 0.1) is 33.5 Å². The standard InChI is InChI=1S/C24H19BrCl3N3O2S/c1-2-20-22(14-29-34(32,33)19-5-3-4-17(26)12-19)30-31(23-11-10-18(27)13-21(23)28)24(20)15-6-8-16(25)9-7-15/h3-13,29H,2,14H2,1H3. The van der Waals surface area contributed by atoms with Gasteiger partial charge in [0.2, 0.25) is 10.0 Å². The van der Waals surface area contributed by atoms with Gasteiger partial charge in [-0.15, -0.1) is 0 Å². The fraction of sp³-hybridized carbons (Fsp3) is 0.125. The summed E-state index contributed by atoms with van der Waals surface area (Å²) < 4.78 is 31.1. The van der Waals surface area contributed by atoms with Gasteiger partial charge in [-0.25, -0.2) is 17.8 Å². The Balaban J connectivity index is 1.81. The molecule has 4 aromatic rings. The number of hydrogen-bond donors (Lipinski definition) is 1. The molecule has 0 radical (unpaired) electrons. The normalized spacial score (nSPS) is 11.7. The van der Waals surface area contributed by atoms with Gasteiger partial charge in [0, 0.05) is 25.6 Å². The first-order valence-electron chi connectivity index (χ1n) is 10.3. The molecule has 0 aliphatic rings. The molecule has 176 valence electrons. The van der Waals surface area contributed by atoms with Crippen LogP contribution in [0.5, 0.6) is 0 Å². The maximum atomic E-state index is 12.9. The zero-order valence-corrected chi connectivity index (χ0v) is 22.6. The molecule has 34 heavy (non-hydrogen) atoms. The van der Waals surface area contributed by atoms with E-state index in [0.29, 0.717) is 32.9 Å². The molecule has 0 atom stereocenters. The zero-order valence-electron chi connectivity index (χ0n) is 17.9. The number of hydrogen-bond acceptors (Lipinski definition) is 3. The summed E-state index contributed by atoms with van der Waals surface area (Å²) in [6, 6.07) is 19.1. The maximum absolute atomic E-state index is 12.9. The molecule has 0 unspecified atom stereocenters. The van der Waals surface area contributed by atoms with Crippen molar-refractivity contribution in [1.29, 1.82) is 0 Å². The van der Waals surface area contributed by atoms with Gasteiger partial charge < -0.3 is 0 Å². The summed E-state index contributed by atoms with van der Waals surface area (Å²) >= 11 is 22.1. The van der Waals surface area contributed by atoms with Crippen LogP contribution in [0.4, 0.5) is 0 Å². The van der Waals surface area contributed by atoms with Crippen LogP contribution < -0.4 is 4.72 Å². The van der Waals surface area contributed by atoms with Crippen LogP contribution >= 0.6 is 50.7 Å². The van der Waals surface area contributed by atoms with Gasteiger partial charge in [-0.1, -0.05) is 75.9 Å². The molecule has 1 heterocycles. The lowest BCUT2D eigenvalue weighted by Crippen LogP contribution is -2.24. The van der Waals surface area contributed by atoms with Gasteiger partial charge in [-0.2, -0.15) is 5.10 Å². The smallest absolute Gasteiger partial charge is 0.231 e. The highest BCUT2D eigenvalue weighted by atomic mass is 79.9. The minimum absolute atomic E-state index is 0.000241. The zero-order chi connectivity index (χ0) is 24.5. The lowest BCUT2D eigenvalue weighted by atomic mass is 10.0. The molecule has 1 aromatic heterocycles. The van der Waals surface area contributed by atoms with E-state index in [0.717, 1.165) is 21.3 Å². The Bertz CT molecular complexity index is 1460. The monoisotopic (exact) mass is 597 g/mol. The third-order valence-electron chi connectivity index (χ3n) is 5.21. The van der Waals surface area contributed by atoms with Crippen LogP contribution in [0, 0.1) is 0 Å². The summed E-state index contributed by atoms with van der Waals surface area (Å²) in [5.41, 5.74) is 3.89. The Morgan fingerprint density at radius 1 is 0.971 bits per heavy atom. The van der Waals surface area contributed by atoms with E-state index in [9.17, 15) is 8.42 Å². The molecule has 0 aliphatic carbocycles. The van der Waals surface area contributed by atoms with Crippen molar-refractivity contribution in [3.8, 4) is 16.9 Å². The fourth-order valence-corrected chi connectivity index (χ4v) is 5.66. The minimum atomic E-state index is -3.79. The van der Waals surface area contributed by atoms with Gasteiger partial charge >= 0.3 is 0 Å². The highest BCUT2D eigenvalue weighted by Crippen LogP contribution is 2.34. The molecule has 0 saturated carbocycles. The van der Waals surface area contributed by atoms with Crippen molar-refractivity contribution in [3.63, 3.8) is 0 Å². The first kappa shape index (κ1) is 25.2. The van der Waals surface area contributed by atoms with Crippen LogP contribution in [0.15, 0.2) is 76.1 Å². The summed E-state index contributed by atoms with van der Waals surface area (Å²) in [4.78, 5) is 0.0892. The van der Waals surface area contributed by atoms with Crippen LogP contribution in [-0.2, 0) is 23.0 Å². The highest BCUT2D eigenvalue weighted by Gasteiger charge is 2.23. The third kappa shape index (κ3) is 5.35. The van der Waals surface area contributed by atoms with Gasteiger partial charge in [0.15, 0.2) is 0 Å². The predicted octanol–water partition coefficient (Wildman–Crippen LogP) is 7.30. The number of nitrogens with zero attached hydrogens (tertiary/aromatic N) is 2. The molecule has 0 amide bonds. The number of halogens is 4. The van der Waals surface area contributed by atoms with Crippen molar-refractivity contribution in [2.75, 3.05) is 0 Å². The van der Waals surface area contributed by atoms with E-state index in [1.807, 2.05) is 31.2 Å². The van der Waals surface area contributed by atoms with Crippen LogP contribution in [0.1, 0.15) is 18.2 Å². The van der Waals surface area contributed by atoms with E-state index in [2.05, 4.69) is 20.7 Å². The van der Waals surface area contributed by atoms with Crippen LogP contribution in [0.3, 0.4) is 0 Å². The van der Waals surface area contributed by atoms with Crippen molar-refractivity contribution in [2.45, 2.75) is 24.8 Å². The summed E-state index contributed by atoms with van der Waals surface area (Å²) in [5, 5.41) is 6.07. The maximum Gasteiger partial charge on any atom is 0.240 e. The number of aromatic nitrogens is 2. The topological polar surface area (TPSA) is 64.0 Å². The first-order chi connectivity index (χ1) is 16.2. The molecule has 3 aromatic carbocycles. The van der Waals surface area contributed by atoms with Gasteiger partial charge in [0.1, 0.15) is 0 Å². The second-order valence-electron chi connectivity index (χ2n) is 7.42. The predicted molar refractivity (Wildman–Crippen MR) is 142 cm³/mol. The number of nitrogens with one attached hydrogen (secondary N) is 1. The number of sulfonamides is 1. The van der Waals surface area contributed by atoms with Crippen LogP contribution in [0.2, 0.25) is 15.1 Å². The van der Waals surface area contributed by atoms with E-state index in [1.165, 1.54) is 12.1 Å². The Hall–Kier alpha value is -1.87. The van der Waals surface area contributed by atoms with Crippen molar-refractivity contribution >= 4 is 60.8 Å². The first-order valence-corrected chi connectivity index (χ1v) is 13.7. The fourth-order valence-electron chi connectivity index (χ4n) is 3.62. The minimum Gasteiger partial charge on any atom is -0.231 e. The van der Waals surface area contributed by atoms with Crippen molar-refractivity contribution < 1.29 is 8.42 Å². The number of rotatable bonds is 7. The number of benzene rings is 3. The van der Waals surface area contributed by atoms with E-state index in [-0.39, 0.29) is 11.4 Å². The molecule has 0 aliphatic heterocycles. The summed E-state index contributed by atoms with van der Waals surface area (Å²) in [5.74, 6) is 0. The van der Waals surface area contributed by atoms with Crippen LogP contribution in [-0.4, -0.2) is 18.2 Å². The average molecular weight is 600 g/mol. The second kappa shape index (κ2) is 10.4. The molecule has 0 bridgehead atoms. The van der Waals surface area contributed by atoms with Crippen molar-refractivity contribution in [3.05, 3.63) is 97.5 Å². The second-order valence-corrected chi connectivity index (χ2v) is 11.4. The van der Waals surface area contributed by atoms with E-state index < -0.39 is 10.0 Å². The Morgan fingerprint density at radius 2 is 1.68 bits per heavy atom. The Morgan fingerprint density at radius 3 is 2.32 bits per heavy atom. The van der Waals surface area contributed by atoms with Crippen LogP contribution in [0.25, 0.3) is 16.9 Å². The Labute approximate surface area is 221 Å². The van der Waals surface area contributed by atoms with Gasteiger partial charge in [0.25, 0.3) is 0 Å². The average Bonchev–Trinajstić information content (AvgIpc) is 3.16. The molecular weight excluding hydrogens is 581 g/mol. The third-order valence-corrected chi connectivity index (χ3v) is 7.91. The quantitative estimate of drug-likeness (QED) is 0.242. The molecule has 0 fully saturated rings. The van der Waals surface area contributed by atoms with E-state index in [4.69, 9.17) is 39.9 Å². The van der Waals surface area contributed by atoms with Gasteiger partial charge in [-0.3, -0.25) is 0 Å². The van der Waals surface area contributed by atoms with Crippen molar-refractivity contribution in [2.24, 2.45) is 0 Å². The largest absolute Gasteiger partial charge is 0.240 e. The molecule has 10 heteroatoms. The SMILES string of the molecule is CCc1c(CNS(=O)(=O)c2cccc(Cl)c2)nn(-c2ccc(Cl)cc2Cl)c1-c1ccc(Br)cc1. The Kier molecular flexibility index (Phi) is 7.72. The molecular formula is C24H19BrCl3N3O2S. The van der Waals surface area contributed by atoms with E-state index >= 15 is 0 Å². The van der Waals surface area contributed by atoms with Gasteiger partial charge in [-0.05, 0) is 55.0 Å². The van der Waals surface area contributed by atoms with Crippen molar-refractivity contribution in [1.82, 2.24) is 14.5 Å². The highest BCUT2D eigenvalue weighted by molar-refractivity contribution is 9.10. The molecule has 0 saturated heterocycles. The summed E-state index contributed by atoms with van der Waals surface area (Å²) in [7, 11) is -3.79. The molecule has 0 spiro atoms. The summed E-state index contributed by atoms with van der Waals surface area (Å²) in [6.07, 6.45) is 0.630. The lowest BCUT2D eigenvalue weighted by Gasteiger charge is -2.11. The molecule has 4 rings (SSSR count). The lowest BCUT2D eigenvalue weighted by molar-refractivity contribution is 0.580. The molecule has 5 nitrogen and oxygen atoms in total.